The molecule has 0 aliphatic carbocycles. The maximum Gasteiger partial charge on any atom is 0.259 e. The van der Waals surface area contributed by atoms with Crippen molar-refractivity contribution >= 4 is 5.91 Å². The lowest BCUT2D eigenvalue weighted by atomic mass is 10.2. The third-order valence-electron chi connectivity index (χ3n) is 4.61. The normalized spacial score (nSPS) is 20.0. The molecule has 1 aliphatic rings. The number of benzene rings is 1. The van der Waals surface area contributed by atoms with Gasteiger partial charge in [-0.25, -0.2) is 9.07 Å². The molecular formula is C20H21FN4O2. The predicted octanol–water partition coefficient (Wildman–Crippen LogP) is 3.05. The molecule has 1 fully saturated rings. The van der Waals surface area contributed by atoms with E-state index in [1.807, 2.05) is 38.4 Å². The fourth-order valence-corrected chi connectivity index (χ4v) is 3.53. The van der Waals surface area contributed by atoms with Crippen LogP contribution in [-0.2, 0) is 4.74 Å². The van der Waals surface area contributed by atoms with Crippen LogP contribution in [0.3, 0.4) is 0 Å². The summed E-state index contributed by atoms with van der Waals surface area (Å²) in [5.74, 6) is -0.0215. The molecule has 0 bridgehead atoms. The average molecular weight is 368 g/mol. The lowest BCUT2D eigenvalue weighted by molar-refractivity contribution is -0.0586. The highest BCUT2D eigenvalue weighted by molar-refractivity contribution is 5.97. The van der Waals surface area contributed by atoms with Crippen LogP contribution in [0.25, 0.3) is 11.5 Å². The molecule has 1 saturated heterocycles. The van der Waals surface area contributed by atoms with Crippen LogP contribution in [-0.4, -0.2) is 50.5 Å². The summed E-state index contributed by atoms with van der Waals surface area (Å²) in [4.78, 5) is 15.0. The largest absolute Gasteiger partial charge is 0.372 e. The van der Waals surface area contributed by atoms with Gasteiger partial charge in [-0.15, -0.1) is 0 Å². The Labute approximate surface area is 156 Å². The van der Waals surface area contributed by atoms with Crippen molar-refractivity contribution in [2.45, 2.75) is 26.1 Å². The molecule has 3 heterocycles. The Morgan fingerprint density at radius 3 is 2.44 bits per heavy atom. The smallest absolute Gasteiger partial charge is 0.259 e. The summed E-state index contributed by atoms with van der Waals surface area (Å²) >= 11 is 0. The molecule has 2 atom stereocenters. The second kappa shape index (κ2) is 7.00. The SMILES string of the molecule is CC1CN(C(=O)c2cnn(-c3ccccc3F)c2-n2cccc2)CC(C)O1. The number of carbonyl (C=O) groups excluding carboxylic acids is 1. The fraction of sp³-hybridized carbons (Fsp3) is 0.300. The predicted molar refractivity (Wildman–Crippen MR) is 98.8 cm³/mol. The number of ether oxygens (including phenoxy) is 1. The average Bonchev–Trinajstić information content (AvgIpc) is 3.30. The van der Waals surface area contributed by atoms with E-state index in [0.717, 1.165) is 0 Å². The summed E-state index contributed by atoms with van der Waals surface area (Å²) in [6, 6.07) is 10.1. The molecule has 4 rings (SSSR count). The number of halogens is 1. The summed E-state index contributed by atoms with van der Waals surface area (Å²) in [5, 5.41) is 4.33. The first-order valence-corrected chi connectivity index (χ1v) is 8.95. The van der Waals surface area contributed by atoms with E-state index in [4.69, 9.17) is 4.74 Å². The Kier molecular flexibility index (Phi) is 4.53. The van der Waals surface area contributed by atoms with Crippen LogP contribution in [0.5, 0.6) is 0 Å². The Bertz CT molecular complexity index is 941. The van der Waals surface area contributed by atoms with Crippen LogP contribution < -0.4 is 0 Å². The van der Waals surface area contributed by atoms with Crippen molar-refractivity contribution in [3.63, 3.8) is 0 Å². The second-order valence-electron chi connectivity index (χ2n) is 6.80. The Morgan fingerprint density at radius 1 is 1.11 bits per heavy atom. The molecule has 1 amide bonds. The Balaban J connectivity index is 1.80. The zero-order chi connectivity index (χ0) is 19.0. The third kappa shape index (κ3) is 3.26. The topological polar surface area (TPSA) is 52.3 Å². The monoisotopic (exact) mass is 368 g/mol. The van der Waals surface area contributed by atoms with Crippen LogP contribution in [0.4, 0.5) is 4.39 Å². The number of rotatable bonds is 3. The maximum atomic E-state index is 14.4. The minimum Gasteiger partial charge on any atom is -0.372 e. The molecule has 1 aromatic carbocycles. The van der Waals surface area contributed by atoms with Crippen LogP contribution in [0.2, 0.25) is 0 Å². The number of morpholine rings is 1. The quantitative estimate of drug-likeness (QED) is 0.714. The van der Waals surface area contributed by atoms with Crippen molar-refractivity contribution in [3.05, 3.63) is 66.4 Å². The van der Waals surface area contributed by atoms with Gasteiger partial charge in [-0.3, -0.25) is 4.79 Å². The van der Waals surface area contributed by atoms with Gasteiger partial charge in [0, 0.05) is 25.5 Å². The van der Waals surface area contributed by atoms with Gasteiger partial charge < -0.3 is 14.2 Å². The number of nitrogens with zero attached hydrogens (tertiary/aromatic N) is 4. The van der Waals surface area contributed by atoms with Gasteiger partial charge in [-0.1, -0.05) is 12.1 Å². The van der Waals surface area contributed by atoms with Crippen molar-refractivity contribution < 1.29 is 13.9 Å². The number of carbonyl (C=O) groups is 1. The van der Waals surface area contributed by atoms with Gasteiger partial charge in [0.05, 0.1) is 18.4 Å². The van der Waals surface area contributed by atoms with E-state index < -0.39 is 5.82 Å². The van der Waals surface area contributed by atoms with E-state index in [1.54, 1.807) is 27.7 Å². The van der Waals surface area contributed by atoms with E-state index in [-0.39, 0.29) is 18.1 Å². The fourth-order valence-electron chi connectivity index (χ4n) is 3.53. The molecule has 0 saturated carbocycles. The van der Waals surface area contributed by atoms with Crippen LogP contribution in [0, 0.1) is 5.82 Å². The van der Waals surface area contributed by atoms with E-state index in [0.29, 0.717) is 30.2 Å². The van der Waals surface area contributed by atoms with Crippen molar-refractivity contribution in [1.82, 2.24) is 19.2 Å². The Morgan fingerprint density at radius 2 is 1.78 bits per heavy atom. The molecule has 27 heavy (non-hydrogen) atoms. The molecule has 2 aromatic heterocycles. The van der Waals surface area contributed by atoms with Gasteiger partial charge in [-0.2, -0.15) is 5.10 Å². The van der Waals surface area contributed by atoms with Crippen molar-refractivity contribution in [2.24, 2.45) is 0 Å². The van der Waals surface area contributed by atoms with Crippen LogP contribution in [0.1, 0.15) is 24.2 Å². The molecule has 1 aliphatic heterocycles. The first-order chi connectivity index (χ1) is 13.0. The molecule has 0 N–H and O–H groups in total. The van der Waals surface area contributed by atoms with Gasteiger partial charge >= 0.3 is 0 Å². The van der Waals surface area contributed by atoms with Gasteiger partial charge in [0.25, 0.3) is 5.91 Å². The highest BCUT2D eigenvalue weighted by atomic mass is 19.1. The van der Waals surface area contributed by atoms with Gasteiger partial charge in [0.15, 0.2) is 5.82 Å². The zero-order valence-electron chi connectivity index (χ0n) is 15.2. The standard InChI is InChI=1S/C20H21FN4O2/c1-14-12-24(13-15(2)27-14)20(26)16-11-22-25(18-8-4-3-7-17(18)21)19(16)23-9-5-6-10-23/h3-11,14-15H,12-13H2,1-2H3. The lowest BCUT2D eigenvalue weighted by Crippen LogP contribution is -2.48. The zero-order valence-corrected chi connectivity index (χ0v) is 15.2. The summed E-state index contributed by atoms with van der Waals surface area (Å²) in [6.07, 6.45) is 5.07. The molecule has 2 unspecified atom stereocenters. The first-order valence-electron chi connectivity index (χ1n) is 8.95. The minimum absolute atomic E-state index is 0.0330. The number of hydrogen-bond acceptors (Lipinski definition) is 3. The van der Waals surface area contributed by atoms with Crippen LogP contribution >= 0.6 is 0 Å². The van der Waals surface area contributed by atoms with E-state index in [9.17, 15) is 9.18 Å². The van der Waals surface area contributed by atoms with Crippen LogP contribution in [0.15, 0.2) is 55.0 Å². The van der Waals surface area contributed by atoms with E-state index in [2.05, 4.69) is 5.10 Å². The van der Waals surface area contributed by atoms with Gasteiger partial charge in [0.2, 0.25) is 0 Å². The summed E-state index contributed by atoms with van der Waals surface area (Å²) in [6.45, 7) is 4.93. The van der Waals surface area contributed by atoms with E-state index >= 15 is 0 Å². The molecule has 140 valence electrons. The van der Waals surface area contributed by atoms with Crippen molar-refractivity contribution in [3.8, 4) is 11.5 Å². The molecule has 6 nitrogen and oxygen atoms in total. The summed E-state index contributed by atoms with van der Waals surface area (Å²) < 4.78 is 23.4. The summed E-state index contributed by atoms with van der Waals surface area (Å²) in [5.41, 5.74) is 0.722. The first kappa shape index (κ1) is 17.5. The Hall–Kier alpha value is -2.93. The number of amides is 1. The highest BCUT2D eigenvalue weighted by Crippen LogP contribution is 2.24. The molecule has 7 heteroatoms. The molecule has 0 spiro atoms. The number of aromatic nitrogens is 3. The lowest BCUT2D eigenvalue weighted by Gasteiger charge is -2.35. The van der Waals surface area contributed by atoms with E-state index in [1.165, 1.54) is 16.9 Å². The number of para-hydroxylation sites is 1. The summed E-state index contributed by atoms with van der Waals surface area (Å²) in [7, 11) is 0. The van der Waals surface area contributed by atoms with Gasteiger partial charge in [0.1, 0.15) is 17.1 Å². The maximum absolute atomic E-state index is 14.4. The second-order valence-corrected chi connectivity index (χ2v) is 6.80. The third-order valence-corrected chi connectivity index (χ3v) is 4.61. The number of hydrogen-bond donors (Lipinski definition) is 0. The molecular weight excluding hydrogens is 347 g/mol. The molecule has 0 radical (unpaired) electrons. The minimum atomic E-state index is -0.401. The highest BCUT2D eigenvalue weighted by Gasteiger charge is 2.30. The molecule has 3 aromatic rings. The van der Waals surface area contributed by atoms with Gasteiger partial charge in [-0.05, 0) is 38.1 Å². The van der Waals surface area contributed by atoms with Crippen molar-refractivity contribution in [1.29, 1.82) is 0 Å². The van der Waals surface area contributed by atoms with Crippen molar-refractivity contribution in [2.75, 3.05) is 13.1 Å².